The Kier molecular flexibility index (Phi) is 10.4. The molecule has 37 heavy (non-hydrogen) atoms. The van der Waals surface area contributed by atoms with Gasteiger partial charge in [-0.05, 0) is 72.6 Å². The summed E-state index contributed by atoms with van der Waals surface area (Å²) in [6.07, 6.45) is -5.23. The second-order valence-electron chi connectivity index (χ2n) is 8.92. The van der Waals surface area contributed by atoms with Crippen molar-refractivity contribution in [3.05, 3.63) is 75.4 Å². The van der Waals surface area contributed by atoms with Gasteiger partial charge >= 0.3 is 18.4 Å². The van der Waals surface area contributed by atoms with Crippen LogP contribution in [-0.4, -0.2) is 31.6 Å². The van der Waals surface area contributed by atoms with Crippen molar-refractivity contribution in [1.82, 2.24) is 10.2 Å². The van der Waals surface area contributed by atoms with Crippen molar-refractivity contribution in [2.45, 2.75) is 50.5 Å². The molecule has 2 amide bonds. The Balaban J connectivity index is 0.000000264. The van der Waals surface area contributed by atoms with Crippen molar-refractivity contribution < 1.29 is 35.5 Å². The maximum atomic E-state index is 13.0. The van der Waals surface area contributed by atoms with Gasteiger partial charge in [0, 0.05) is 20.6 Å². The van der Waals surface area contributed by atoms with E-state index in [1.807, 2.05) is 19.2 Å². The highest BCUT2D eigenvalue weighted by atomic mass is 19.4. The summed E-state index contributed by atoms with van der Waals surface area (Å²) >= 11 is 0. The first kappa shape index (κ1) is 30.0. The maximum Gasteiger partial charge on any atom is 0.416 e. The molecule has 1 aliphatic rings. The number of urea groups is 1. The fourth-order valence-electron chi connectivity index (χ4n) is 4.34. The molecule has 0 spiro atoms. The van der Waals surface area contributed by atoms with Crippen molar-refractivity contribution in [2.75, 3.05) is 20.6 Å². The van der Waals surface area contributed by atoms with Crippen LogP contribution in [0.4, 0.5) is 35.5 Å². The zero-order valence-corrected chi connectivity index (χ0v) is 20.3. The van der Waals surface area contributed by atoms with Gasteiger partial charge in [-0.25, -0.2) is 9.18 Å². The topological polar surface area (TPSA) is 61.8 Å². The monoisotopic (exact) mass is 535 g/mol. The number of hydrogen-bond donors (Lipinski definition) is 1. The Labute approximate surface area is 210 Å². The Hall–Kier alpha value is -3.18. The van der Waals surface area contributed by atoms with Gasteiger partial charge in [0.15, 0.2) is 0 Å². The fraction of sp³-hybridized carbons (Fsp3) is 0.480. The van der Waals surface area contributed by atoms with Crippen LogP contribution in [0.15, 0.2) is 47.6 Å². The van der Waals surface area contributed by atoms with Gasteiger partial charge in [0.2, 0.25) is 0 Å². The lowest BCUT2D eigenvalue weighted by molar-refractivity contribution is -0.143. The van der Waals surface area contributed by atoms with E-state index in [2.05, 4.69) is 10.5 Å². The molecule has 0 saturated heterocycles. The minimum absolute atomic E-state index is 0.00565. The molecule has 12 heteroatoms. The number of carbonyl (C=O) groups is 1. The third-order valence-electron chi connectivity index (χ3n) is 6.11. The number of halogens is 7. The summed E-state index contributed by atoms with van der Waals surface area (Å²) in [6.45, 7) is 0.0460. The van der Waals surface area contributed by atoms with Crippen molar-refractivity contribution in [1.29, 1.82) is 0 Å². The Morgan fingerprint density at radius 2 is 1.57 bits per heavy atom. The first-order chi connectivity index (χ1) is 17.2. The molecule has 0 radical (unpaired) electrons. The molecule has 0 aliphatic heterocycles. The van der Waals surface area contributed by atoms with Crippen LogP contribution in [0.3, 0.4) is 0 Å². The van der Waals surface area contributed by atoms with E-state index < -0.39 is 35.6 Å². The van der Waals surface area contributed by atoms with E-state index in [1.54, 1.807) is 11.9 Å². The summed E-state index contributed by atoms with van der Waals surface area (Å²) < 4.78 is 86.8. The average Bonchev–Trinajstić information content (AvgIpc) is 2.83. The maximum absolute atomic E-state index is 13.0. The molecule has 1 fully saturated rings. The zero-order chi connectivity index (χ0) is 27.8. The number of nitrogens with zero attached hydrogens (tertiary/aromatic N) is 2. The second-order valence-corrected chi connectivity index (χ2v) is 8.92. The number of hydrogen-bond acceptors (Lipinski definition) is 3. The number of nitrogens with one attached hydrogen (secondary N) is 1. The molecule has 204 valence electrons. The van der Waals surface area contributed by atoms with Crippen LogP contribution in [0.1, 0.15) is 53.9 Å². The summed E-state index contributed by atoms with van der Waals surface area (Å²) in [4.78, 5) is 23.2. The molecule has 3 rings (SSSR count). The molecular formula is C25H28F7N3O2. The van der Waals surface area contributed by atoms with E-state index in [1.165, 1.54) is 30.5 Å². The first-order valence-corrected chi connectivity index (χ1v) is 11.5. The van der Waals surface area contributed by atoms with Crippen molar-refractivity contribution in [3.63, 3.8) is 0 Å². The summed E-state index contributed by atoms with van der Waals surface area (Å²) in [6, 6.07) is 7.76. The molecule has 2 unspecified atom stereocenters. The van der Waals surface area contributed by atoms with Crippen molar-refractivity contribution in [2.24, 2.45) is 11.1 Å². The molecule has 1 aliphatic carbocycles. The van der Waals surface area contributed by atoms with E-state index in [0.717, 1.165) is 19.4 Å². The molecule has 0 bridgehead atoms. The van der Waals surface area contributed by atoms with Crippen LogP contribution < -0.4 is 5.32 Å². The minimum Gasteiger partial charge on any atom is -0.341 e. The van der Waals surface area contributed by atoms with E-state index in [0.29, 0.717) is 24.0 Å². The van der Waals surface area contributed by atoms with Gasteiger partial charge in [0.25, 0.3) is 0 Å². The fourth-order valence-corrected chi connectivity index (χ4v) is 4.34. The predicted octanol–water partition coefficient (Wildman–Crippen LogP) is 7.36. The molecule has 0 heterocycles. The van der Waals surface area contributed by atoms with Gasteiger partial charge in [0.05, 0.1) is 11.1 Å². The SMILES string of the molecule is CNC(=O)N(C)CC1CCCC(c2ccc(F)cc2)C1.O=NCc1cc(C(F)(F)F)cc(C(F)(F)F)c1. The normalized spacial score (nSPS) is 17.9. The number of amides is 2. The standard InChI is InChI=1S/C16H23FN2O.C9H5F6NO/c1-18-16(20)19(2)11-12-4-3-5-14(10-12)13-6-8-15(17)9-7-13;10-8(11,12)6-1-5(4-16-17)2-7(3-6)9(13,14)15/h6-9,12,14H,3-5,10-11H2,1-2H3,(H,18,20);1-3H,4H2. The lowest BCUT2D eigenvalue weighted by Gasteiger charge is -2.32. The average molecular weight is 536 g/mol. The van der Waals surface area contributed by atoms with Gasteiger partial charge in [-0.1, -0.05) is 23.7 Å². The Morgan fingerprint density at radius 1 is 1.00 bits per heavy atom. The zero-order valence-electron chi connectivity index (χ0n) is 20.3. The van der Waals surface area contributed by atoms with Crippen LogP contribution in [0.5, 0.6) is 0 Å². The lowest BCUT2D eigenvalue weighted by atomic mass is 9.78. The third-order valence-corrected chi connectivity index (χ3v) is 6.11. The number of rotatable bonds is 5. The van der Waals surface area contributed by atoms with Gasteiger partial charge in [-0.3, -0.25) is 0 Å². The molecule has 2 aromatic rings. The molecule has 0 aromatic heterocycles. The molecule has 2 atom stereocenters. The van der Waals surface area contributed by atoms with Crippen LogP contribution >= 0.6 is 0 Å². The molecule has 1 N–H and O–H groups in total. The molecule has 1 saturated carbocycles. The summed E-state index contributed by atoms with van der Waals surface area (Å²) in [5.74, 6) is 0.842. The van der Waals surface area contributed by atoms with Gasteiger partial charge in [0.1, 0.15) is 12.4 Å². The Morgan fingerprint density at radius 3 is 2.05 bits per heavy atom. The number of carbonyl (C=O) groups excluding carboxylic acids is 1. The van der Waals surface area contributed by atoms with Gasteiger partial charge in [-0.15, -0.1) is 0 Å². The van der Waals surface area contributed by atoms with E-state index in [-0.39, 0.29) is 17.9 Å². The summed E-state index contributed by atoms with van der Waals surface area (Å²) in [5, 5.41) is 4.92. The highest BCUT2D eigenvalue weighted by Gasteiger charge is 2.36. The smallest absolute Gasteiger partial charge is 0.341 e. The van der Waals surface area contributed by atoms with Crippen molar-refractivity contribution >= 4 is 6.03 Å². The molecule has 5 nitrogen and oxygen atoms in total. The molecule has 2 aromatic carbocycles. The van der Waals surface area contributed by atoms with Crippen LogP contribution in [0, 0.1) is 16.6 Å². The number of benzene rings is 2. The molecular weight excluding hydrogens is 507 g/mol. The van der Waals surface area contributed by atoms with E-state index >= 15 is 0 Å². The summed E-state index contributed by atoms with van der Waals surface area (Å²) in [7, 11) is 3.49. The van der Waals surface area contributed by atoms with Crippen LogP contribution in [-0.2, 0) is 18.9 Å². The van der Waals surface area contributed by atoms with Crippen LogP contribution in [0.25, 0.3) is 0 Å². The van der Waals surface area contributed by atoms with E-state index in [9.17, 15) is 40.4 Å². The van der Waals surface area contributed by atoms with Crippen LogP contribution in [0.2, 0.25) is 0 Å². The van der Waals surface area contributed by atoms with E-state index in [4.69, 9.17) is 0 Å². The highest BCUT2D eigenvalue weighted by Crippen LogP contribution is 2.37. The number of alkyl halides is 6. The second kappa shape index (κ2) is 12.9. The highest BCUT2D eigenvalue weighted by molar-refractivity contribution is 5.73. The summed E-state index contributed by atoms with van der Waals surface area (Å²) in [5.41, 5.74) is -2.11. The number of nitroso groups, excluding NO2 is 1. The van der Waals surface area contributed by atoms with Gasteiger partial charge in [-0.2, -0.15) is 31.2 Å². The first-order valence-electron chi connectivity index (χ1n) is 11.5. The van der Waals surface area contributed by atoms with Gasteiger partial charge < -0.3 is 10.2 Å². The lowest BCUT2D eigenvalue weighted by Crippen LogP contribution is -2.38. The minimum atomic E-state index is -4.90. The van der Waals surface area contributed by atoms with Crippen molar-refractivity contribution in [3.8, 4) is 0 Å². The quantitative estimate of drug-likeness (QED) is 0.321. The third kappa shape index (κ3) is 9.32. The predicted molar refractivity (Wildman–Crippen MR) is 124 cm³/mol. The Bertz CT molecular complexity index is 1010. The largest absolute Gasteiger partial charge is 0.416 e.